The number of methoxy groups -OCH3 is 1. The minimum absolute atomic E-state index is 0.0152. The highest BCUT2D eigenvalue weighted by molar-refractivity contribution is 6.00. The Hall–Kier alpha value is -2.96. The number of nitrogens with one attached hydrogen (secondary N) is 3. The van der Waals surface area contributed by atoms with Gasteiger partial charge in [-0.15, -0.1) is 0 Å². The quantitative estimate of drug-likeness (QED) is 0.561. The molecule has 0 spiro atoms. The van der Waals surface area contributed by atoms with Crippen LogP contribution in [0.4, 0.5) is 0 Å². The van der Waals surface area contributed by atoms with Gasteiger partial charge in [-0.05, 0) is 37.9 Å². The Labute approximate surface area is 168 Å². The number of rotatable bonds is 7. The van der Waals surface area contributed by atoms with Crippen molar-refractivity contribution in [1.29, 1.82) is 5.26 Å². The van der Waals surface area contributed by atoms with Gasteiger partial charge in [0.2, 0.25) is 5.91 Å². The number of amides is 1. The molecule has 29 heavy (non-hydrogen) atoms. The molecule has 3 aromatic rings. The van der Waals surface area contributed by atoms with E-state index in [1.807, 2.05) is 12.3 Å². The van der Waals surface area contributed by atoms with E-state index >= 15 is 0 Å². The van der Waals surface area contributed by atoms with Crippen molar-refractivity contribution in [3.8, 4) is 6.07 Å². The number of aromatic nitrogens is 4. The number of hydrogen-bond acceptors (Lipinski definition) is 6. The van der Waals surface area contributed by atoms with Gasteiger partial charge < -0.3 is 24.9 Å². The summed E-state index contributed by atoms with van der Waals surface area (Å²) in [4.78, 5) is 30.4. The van der Waals surface area contributed by atoms with Crippen molar-refractivity contribution < 1.29 is 9.53 Å². The molecule has 0 aliphatic carbocycles. The van der Waals surface area contributed by atoms with E-state index in [4.69, 9.17) is 15.0 Å². The van der Waals surface area contributed by atoms with Crippen molar-refractivity contribution in [2.24, 2.45) is 5.92 Å². The van der Waals surface area contributed by atoms with Crippen molar-refractivity contribution >= 4 is 28.0 Å². The number of hydrogen-bond donors (Lipinski definition) is 3. The number of pyridine rings is 1. The van der Waals surface area contributed by atoms with Crippen LogP contribution in [0.2, 0.25) is 0 Å². The molecule has 1 aliphatic rings. The lowest BCUT2D eigenvalue weighted by molar-refractivity contribution is -0.126. The number of imidazole rings is 1. The van der Waals surface area contributed by atoms with Crippen LogP contribution >= 0.6 is 0 Å². The minimum atomic E-state index is -0.225. The summed E-state index contributed by atoms with van der Waals surface area (Å²) in [6.07, 6.45) is 6.02. The van der Waals surface area contributed by atoms with E-state index in [-0.39, 0.29) is 24.5 Å². The van der Waals surface area contributed by atoms with Crippen LogP contribution in [0.1, 0.15) is 31.1 Å². The van der Waals surface area contributed by atoms with Crippen molar-refractivity contribution in [2.75, 3.05) is 33.4 Å². The topological polar surface area (TPSA) is 123 Å². The van der Waals surface area contributed by atoms with Crippen LogP contribution in [-0.2, 0) is 9.53 Å². The molecular formula is C20H25N7O2. The van der Waals surface area contributed by atoms with Crippen molar-refractivity contribution in [3.05, 3.63) is 24.3 Å². The lowest BCUT2D eigenvalue weighted by Gasteiger charge is -2.35. The van der Waals surface area contributed by atoms with Gasteiger partial charge in [-0.25, -0.2) is 9.97 Å². The first kappa shape index (κ1) is 19.4. The Morgan fingerprint density at radius 1 is 1.48 bits per heavy atom. The summed E-state index contributed by atoms with van der Waals surface area (Å²) in [5.74, 6) is 0.842. The summed E-state index contributed by atoms with van der Waals surface area (Å²) in [6, 6.07) is 3.94. The molecule has 1 aliphatic heterocycles. The molecule has 1 atom stereocenters. The smallest absolute Gasteiger partial charge is 0.246 e. The Morgan fingerprint density at radius 3 is 3.07 bits per heavy atom. The minimum Gasteiger partial charge on any atom is -0.375 e. The van der Waals surface area contributed by atoms with Gasteiger partial charge in [0.1, 0.15) is 23.6 Å². The van der Waals surface area contributed by atoms with Crippen LogP contribution in [0.15, 0.2) is 18.5 Å². The molecule has 9 nitrogen and oxygen atoms in total. The van der Waals surface area contributed by atoms with E-state index in [0.717, 1.165) is 60.4 Å². The SMILES string of the molecule is COCC(=O)NC(c1nc2c(cnc3[nH]ccc32)[nH]1)C1CCN(CCC#N)CC1. The van der Waals surface area contributed by atoms with Crippen LogP contribution < -0.4 is 5.32 Å². The second kappa shape index (κ2) is 8.59. The molecule has 4 rings (SSSR count). The van der Waals surface area contributed by atoms with E-state index in [9.17, 15) is 4.79 Å². The summed E-state index contributed by atoms with van der Waals surface area (Å²) in [7, 11) is 1.51. The van der Waals surface area contributed by atoms with E-state index < -0.39 is 0 Å². The van der Waals surface area contributed by atoms with E-state index in [1.165, 1.54) is 7.11 Å². The third kappa shape index (κ3) is 4.09. The number of H-pyrrole nitrogens is 2. The second-order valence-electron chi connectivity index (χ2n) is 7.45. The molecule has 1 fully saturated rings. The molecular weight excluding hydrogens is 370 g/mol. The zero-order valence-corrected chi connectivity index (χ0v) is 16.4. The molecule has 0 radical (unpaired) electrons. The van der Waals surface area contributed by atoms with E-state index in [1.54, 1.807) is 6.20 Å². The normalized spacial score (nSPS) is 16.8. The average molecular weight is 395 g/mol. The van der Waals surface area contributed by atoms with Crippen molar-refractivity contribution in [3.63, 3.8) is 0 Å². The van der Waals surface area contributed by atoms with Crippen LogP contribution in [0.25, 0.3) is 22.1 Å². The first-order valence-electron chi connectivity index (χ1n) is 9.89. The van der Waals surface area contributed by atoms with Gasteiger partial charge in [-0.3, -0.25) is 4.79 Å². The fourth-order valence-corrected chi connectivity index (χ4v) is 4.11. The highest BCUT2D eigenvalue weighted by Gasteiger charge is 2.31. The standard InChI is InChI=1S/C20H25N7O2/c1-29-12-16(28)25-17(13-4-9-27(10-5-13)8-2-6-21)20-24-15-11-23-19-14(3-7-22-19)18(15)26-20/h3,7,11,13,17H,2,4-5,8-10,12H2,1H3,(H,22,23)(H,24,26)(H,25,28). The van der Waals surface area contributed by atoms with Crippen molar-refractivity contribution in [1.82, 2.24) is 30.2 Å². The molecule has 152 valence electrons. The van der Waals surface area contributed by atoms with Gasteiger partial charge in [0.05, 0.1) is 23.8 Å². The molecule has 0 saturated carbocycles. The third-order valence-corrected chi connectivity index (χ3v) is 5.58. The molecule has 1 saturated heterocycles. The van der Waals surface area contributed by atoms with Crippen LogP contribution in [0.5, 0.6) is 0 Å². The zero-order valence-electron chi connectivity index (χ0n) is 16.4. The van der Waals surface area contributed by atoms with Crippen LogP contribution in [0.3, 0.4) is 0 Å². The maximum atomic E-state index is 12.3. The lowest BCUT2D eigenvalue weighted by atomic mass is 9.88. The predicted molar refractivity (Wildman–Crippen MR) is 108 cm³/mol. The lowest BCUT2D eigenvalue weighted by Crippen LogP contribution is -2.42. The largest absolute Gasteiger partial charge is 0.375 e. The number of fused-ring (bicyclic) bond motifs is 3. The Kier molecular flexibility index (Phi) is 5.74. The number of carbonyl (C=O) groups excluding carboxylic acids is 1. The first-order chi connectivity index (χ1) is 14.2. The number of nitriles is 1. The van der Waals surface area contributed by atoms with Gasteiger partial charge in [-0.2, -0.15) is 5.26 Å². The summed E-state index contributed by atoms with van der Waals surface area (Å²) in [6.45, 7) is 2.63. The molecule has 0 aromatic carbocycles. The number of ether oxygens (including phenoxy) is 1. The maximum absolute atomic E-state index is 12.3. The monoisotopic (exact) mass is 395 g/mol. The summed E-state index contributed by atoms with van der Waals surface area (Å²) >= 11 is 0. The highest BCUT2D eigenvalue weighted by Crippen LogP contribution is 2.32. The van der Waals surface area contributed by atoms with E-state index in [2.05, 4.69) is 31.2 Å². The zero-order chi connectivity index (χ0) is 20.2. The fourth-order valence-electron chi connectivity index (χ4n) is 4.11. The summed E-state index contributed by atoms with van der Waals surface area (Å²) in [5, 5.41) is 12.9. The Balaban J connectivity index is 1.60. The van der Waals surface area contributed by atoms with Gasteiger partial charge in [0, 0.05) is 31.7 Å². The molecule has 0 bridgehead atoms. The van der Waals surface area contributed by atoms with Gasteiger partial charge in [0.15, 0.2) is 0 Å². The molecule has 9 heteroatoms. The summed E-state index contributed by atoms with van der Waals surface area (Å²) < 4.78 is 5.00. The fraction of sp³-hybridized carbons (Fsp3) is 0.500. The number of aromatic amines is 2. The third-order valence-electron chi connectivity index (χ3n) is 5.58. The highest BCUT2D eigenvalue weighted by atomic mass is 16.5. The predicted octanol–water partition coefficient (Wildman–Crippen LogP) is 1.87. The first-order valence-corrected chi connectivity index (χ1v) is 9.89. The van der Waals surface area contributed by atoms with Crippen LogP contribution in [0, 0.1) is 17.2 Å². The van der Waals surface area contributed by atoms with Crippen LogP contribution in [-0.4, -0.2) is 64.1 Å². The number of carbonyl (C=O) groups is 1. The maximum Gasteiger partial charge on any atom is 0.246 e. The second-order valence-corrected chi connectivity index (χ2v) is 7.45. The van der Waals surface area contributed by atoms with Gasteiger partial charge in [-0.1, -0.05) is 0 Å². The molecule has 3 aromatic heterocycles. The van der Waals surface area contributed by atoms with Gasteiger partial charge in [0.25, 0.3) is 0 Å². The average Bonchev–Trinajstić information content (AvgIpc) is 3.37. The molecule has 1 amide bonds. The van der Waals surface area contributed by atoms with E-state index in [0.29, 0.717) is 6.42 Å². The number of piperidine rings is 1. The Bertz CT molecular complexity index is 1030. The summed E-state index contributed by atoms with van der Waals surface area (Å²) in [5.41, 5.74) is 2.49. The van der Waals surface area contributed by atoms with Gasteiger partial charge >= 0.3 is 0 Å². The Morgan fingerprint density at radius 2 is 2.31 bits per heavy atom. The molecule has 4 heterocycles. The number of likely N-dealkylation sites (tertiary alicyclic amines) is 1. The van der Waals surface area contributed by atoms with Crippen molar-refractivity contribution in [2.45, 2.75) is 25.3 Å². The molecule has 1 unspecified atom stereocenters. The molecule has 3 N–H and O–H groups in total. The number of nitrogens with zero attached hydrogens (tertiary/aromatic N) is 4.